The van der Waals surface area contributed by atoms with E-state index < -0.39 is 4.92 Å². The third-order valence-corrected chi connectivity index (χ3v) is 2.51. The second-order valence-corrected chi connectivity index (χ2v) is 4.59. The Morgan fingerprint density at radius 2 is 2.11 bits per heavy atom. The Kier molecular flexibility index (Phi) is 5.29. The van der Waals surface area contributed by atoms with Crippen molar-refractivity contribution in [1.29, 1.82) is 0 Å². The molecule has 0 aliphatic carbocycles. The van der Waals surface area contributed by atoms with Gasteiger partial charge < -0.3 is 10.6 Å². The van der Waals surface area contributed by atoms with Gasteiger partial charge >= 0.3 is 0 Å². The Bertz CT molecular complexity index is 472. The minimum atomic E-state index is -0.489. The average molecular weight is 265 g/mol. The first-order valence-electron chi connectivity index (χ1n) is 6.26. The molecule has 0 atom stereocenters. The lowest BCUT2D eigenvalue weighted by Gasteiger charge is -2.12. The van der Waals surface area contributed by atoms with Crippen LogP contribution in [-0.4, -0.2) is 23.9 Å². The highest BCUT2D eigenvalue weighted by Gasteiger charge is 2.20. The minimum absolute atomic E-state index is 0.0842. The summed E-state index contributed by atoms with van der Waals surface area (Å²) in [6.07, 6.45) is 0. The van der Waals surface area contributed by atoms with Gasteiger partial charge in [0, 0.05) is 19.2 Å². The van der Waals surface area contributed by atoms with E-state index in [1.54, 1.807) is 6.07 Å². The van der Waals surface area contributed by atoms with E-state index in [0.717, 1.165) is 0 Å². The van der Waals surface area contributed by atoms with Crippen molar-refractivity contribution in [3.05, 3.63) is 33.9 Å². The summed E-state index contributed by atoms with van der Waals surface area (Å²) in [6.45, 7) is 6.84. The van der Waals surface area contributed by atoms with Crippen LogP contribution in [0.3, 0.4) is 0 Å². The van der Waals surface area contributed by atoms with Gasteiger partial charge in [-0.2, -0.15) is 0 Å². The number of carbonyl (C=O) groups is 1. The molecule has 6 heteroatoms. The number of rotatable bonds is 6. The Labute approximate surface area is 112 Å². The topological polar surface area (TPSA) is 84.3 Å². The van der Waals surface area contributed by atoms with Crippen molar-refractivity contribution < 1.29 is 9.72 Å². The molecule has 104 valence electrons. The van der Waals surface area contributed by atoms with E-state index in [1.165, 1.54) is 12.1 Å². The van der Waals surface area contributed by atoms with E-state index >= 15 is 0 Å². The number of nitro benzene ring substituents is 1. The molecule has 1 aromatic rings. The fraction of sp³-hybridized carbons (Fsp3) is 0.462. The van der Waals surface area contributed by atoms with Crippen LogP contribution >= 0.6 is 0 Å². The number of nitrogens with one attached hydrogen (secondary N) is 2. The number of nitrogens with zero attached hydrogens (tertiary/aromatic N) is 1. The van der Waals surface area contributed by atoms with Gasteiger partial charge in [0.1, 0.15) is 5.69 Å². The van der Waals surface area contributed by atoms with Crippen LogP contribution in [0.15, 0.2) is 18.2 Å². The molecular formula is C13H19N3O3. The molecule has 0 aliphatic rings. The highest BCUT2D eigenvalue weighted by atomic mass is 16.6. The van der Waals surface area contributed by atoms with Crippen LogP contribution in [0, 0.1) is 16.0 Å². The average Bonchev–Trinajstić information content (AvgIpc) is 2.36. The smallest absolute Gasteiger partial charge is 0.293 e. The quantitative estimate of drug-likeness (QED) is 0.611. The lowest BCUT2D eigenvalue weighted by molar-refractivity contribution is -0.384. The third-order valence-electron chi connectivity index (χ3n) is 2.51. The Morgan fingerprint density at radius 3 is 2.63 bits per heavy atom. The van der Waals surface area contributed by atoms with Crippen molar-refractivity contribution in [3.63, 3.8) is 0 Å². The first kappa shape index (κ1) is 14.9. The van der Waals surface area contributed by atoms with Crippen LogP contribution in [0.5, 0.6) is 0 Å². The molecule has 1 amide bonds. The van der Waals surface area contributed by atoms with E-state index in [0.29, 0.717) is 24.6 Å². The number of benzene rings is 1. The van der Waals surface area contributed by atoms with E-state index in [-0.39, 0.29) is 17.3 Å². The first-order chi connectivity index (χ1) is 8.97. The number of amides is 1. The molecule has 0 radical (unpaired) electrons. The van der Waals surface area contributed by atoms with E-state index in [4.69, 9.17) is 0 Å². The number of hydrogen-bond donors (Lipinski definition) is 2. The van der Waals surface area contributed by atoms with Crippen LogP contribution in [0.2, 0.25) is 0 Å². The number of para-hydroxylation sites is 1. The molecule has 1 aromatic carbocycles. The molecule has 0 bridgehead atoms. The molecule has 0 unspecified atom stereocenters. The third kappa shape index (κ3) is 3.94. The number of anilines is 1. The highest BCUT2D eigenvalue weighted by molar-refractivity contribution is 6.01. The second-order valence-electron chi connectivity index (χ2n) is 4.59. The van der Waals surface area contributed by atoms with Gasteiger partial charge in [0.05, 0.1) is 10.5 Å². The van der Waals surface area contributed by atoms with Gasteiger partial charge in [0.25, 0.3) is 11.6 Å². The SMILES string of the molecule is CCNc1c(C(=O)NCC(C)C)cccc1[N+](=O)[O-]. The van der Waals surface area contributed by atoms with Crippen molar-refractivity contribution >= 4 is 17.3 Å². The zero-order chi connectivity index (χ0) is 14.4. The van der Waals surface area contributed by atoms with Crippen molar-refractivity contribution in [2.45, 2.75) is 20.8 Å². The number of hydrogen-bond acceptors (Lipinski definition) is 4. The highest BCUT2D eigenvalue weighted by Crippen LogP contribution is 2.28. The molecule has 0 spiro atoms. The summed E-state index contributed by atoms with van der Waals surface area (Å²) < 4.78 is 0. The van der Waals surface area contributed by atoms with Gasteiger partial charge in [-0.05, 0) is 18.9 Å². The molecule has 0 heterocycles. The molecule has 6 nitrogen and oxygen atoms in total. The van der Waals surface area contributed by atoms with E-state index in [2.05, 4.69) is 10.6 Å². The van der Waals surface area contributed by atoms with Gasteiger partial charge in [-0.15, -0.1) is 0 Å². The summed E-state index contributed by atoms with van der Waals surface area (Å²) in [5.41, 5.74) is 0.493. The summed E-state index contributed by atoms with van der Waals surface area (Å²) in [5.74, 6) is 0.0265. The van der Waals surface area contributed by atoms with Gasteiger partial charge in [-0.25, -0.2) is 0 Å². The molecule has 1 rings (SSSR count). The maximum absolute atomic E-state index is 12.0. The predicted molar refractivity (Wildman–Crippen MR) is 74.4 cm³/mol. The fourth-order valence-corrected chi connectivity index (χ4v) is 1.64. The van der Waals surface area contributed by atoms with Gasteiger partial charge in [-0.3, -0.25) is 14.9 Å². The van der Waals surface area contributed by atoms with Crippen LogP contribution in [0.25, 0.3) is 0 Å². The largest absolute Gasteiger partial charge is 0.379 e. The lowest BCUT2D eigenvalue weighted by atomic mass is 10.1. The maximum Gasteiger partial charge on any atom is 0.293 e. The standard InChI is InChI=1S/C13H19N3O3/c1-4-14-12-10(13(17)15-8-9(2)3)6-5-7-11(12)16(18)19/h5-7,9,14H,4,8H2,1-3H3,(H,15,17). The molecule has 0 aromatic heterocycles. The Balaban J connectivity index is 3.08. The van der Waals surface area contributed by atoms with E-state index in [9.17, 15) is 14.9 Å². The predicted octanol–water partition coefficient (Wildman–Crippen LogP) is 2.41. The zero-order valence-corrected chi connectivity index (χ0v) is 11.4. The summed E-state index contributed by atoms with van der Waals surface area (Å²) >= 11 is 0. The van der Waals surface area contributed by atoms with Gasteiger partial charge in [0.15, 0.2) is 0 Å². The summed E-state index contributed by atoms with van der Waals surface area (Å²) in [5, 5.41) is 16.6. The molecule has 0 aliphatic heterocycles. The van der Waals surface area contributed by atoms with Crippen molar-refractivity contribution in [2.75, 3.05) is 18.4 Å². The van der Waals surface area contributed by atoms with Crippen LogP contribution in [-0.2, 0) is 0 Å². The molecule has 19 heavy (non-hydrogen) atoms. The van der Waals surface area contributed by atoms with Crippen LogP contribution in [0.1, 0.15) is 31.1 Å². The number of nitro groups is 1. The summed E-state index contributed by atoms with van der Waals surface area (Å²) in [7, 11) is 0. The van der Waals surface area contributed by atoms with Crippen LogP contribution < -0.4 is 10.6 Å². The maximum atomic E-state index is 12.0. The normalized spacial score (nSPS) is 10.3. The van der Waals surface area contributed by atoms with E-state index in [1.807, 2.05) is 20.8 Å². The van der Waals surface area contributed by atoms with Crippen molar-refractivity contribution in [3.8, 4) is 0 Å². The molecular weight excluding hydrogens is 246 g/mol. The summed E-state index contributed by atoms with van der Waals surface area (Å²) in [4.78, 5) is 22.5. The Morgan fingerprint density at radius 1 is 1.42 bits per heavy atom. The molecule has 2 N–H and O–H groups in total. The van der Waals surface area contributed by atoms with Gasteiger partial charge in [0.2, 0.25) is 0 Å². The van der Waals surface area contributed by atoms with Gasteiger partial charge in [-0.1, -0.05) is 19.9 Å². The number of carbonyl (C=O) groups excluding carboxylic acids is 1. The fourth-order valence-electron chi connectivity index (χ4n) is 1.64. The lowest BCUT2D eigenvalue weighted by Crippen LogP contribution is -2.28. The van der Waals surface area contributed by atoms with Crippen LogP contribution in [0.4, 0.5) is 11.4 Å². The monoisotopic (exact) mass is 265 g/mol. The summed E-state index contributed by atoms with van der Waals surface area (Å²) in [6, 6.07) is 4.49. The van der Waals surface area contributed by atoms with Crippen molar-refractivity contribution in [1.82, 2.24) is 5.32 Å². The van der Waals surface area contributed by atoms with Crippen molar-refractivity contribution in [2.24, 2.45) is 5.92 Å². The molecule has 0 saturated heterocycles. The minimum Gasteiger partial charge on any atom is -0.379 e. The molecule has 0 saturated carbocycles. The Hall–Kier alpha value is -2.11. The second kappa shape index (κ2) is 6.72. The molecule has 0 fully saturated rings. The first-order valence-corrected chi connectivity index (χ1v) is 6.26. The zero-order valence-electron chi connectivity index (χ0n) is 11.4.